The molecule has 2 aromatic carbocycles. The van der Waals surface area contributed by atoms with Gasteiger partial charge in [0, 0.05) is 12.5 Å². The van der Waals surface area contributed by atoms with Crippen LogP contribution in [-0.2, 0) is 12.8 Å². The van der Waals surface area contributed by atoms with Crippen LogP contribution >= 0.6 is 11.3 Å². The van der Waals surface area contributed by atoms with Gasteiger partial charge in [-0.1, -0.05) is 43.3 Å². The van der Waals surface area contributed by atoms with Crippen molar-refractivity contribution in [2.24, 2.45) is 0 Å². The van der Waals surface area contributed by atoms with Crippen molar-refractivity contribution in [2.45, 2.75) is 25.8 Å². The monoisotopic (exact) mass is 296 g/mol. The lowest BCUT2D eigenvalue weighted by atomic mass is 9.97. The van der Waals surface area contributed by atoms with Crippen LogP contribution in [0.5, 0.6) is 0 Å². The zero-order valence-electron chi connectivity index (χ0n) is 12.5. The van der Waals surface area contributed by atoms with E-state index in [0.717, 1.165) is 18.4 Å². The number of benzene rings is 2. The number of para-hydroxylation sites is 1. The van der Waals surface area contributed by atoms with Gasteiger partial charge in [-0.25, -0.2) is 4.98 Å². The average molecular weight is 296 g/mol. The van der Waals surface area contributed by atoms with Gasteiger partial charge in [0.2, 0.25) is 0 Å². The van der Waals surface area contributed by atoms with E-state index < -0.39 is 0 Å². The lowest BCUT2D eigenvalue weighted by Crippen LogP contribution is -2.20. The third-order valence-electron chi connectivity index (χ3n) is 3.88. The van der Waals surface area contributed by atoms with Crippen molar-refractivity contribution in [2.75, 3.05) is 7.05 Å². The molecule has 0 radical (unpaired) electrons. The normalized spacial score (nSPS) is 12.7. The Morgan fingerprint density at radius 2 is 1.86 bits per heavy atom. The summed E-state index contributed by atoms with van der Waals surface area (Å²) in [6, 6.07) is 17.4. The van der Waals surface area contributed by atoms with Crippen LogP contribution in [0.3, 0.4) is 0 Å². The smallest absolute Gasteiger partial charge is 0.0957 e. The van der Waals surface area contributed by atoms with Crippen molar-refractivity contribution in [3.8, 4) is 0 Å². The Kier molecular flexibility index (Phi) is 4.32. The first-order chi connectivity index (χ1) is 10.3. The number of aryl methyl sites for hydroxylation is 1. The van der Waals surface area contributed by atoms with Crippen LogP contribution in [0.4, 0.5) is 0 Å². The SMILES string of the molecule is CCc1ccccc1C(Cc1nc2ccccc2s1)NC. The summed E-state index contributed by atoms with van der Waals surface area (Å²) in [6.07, 6.45) is 2.00. The molecule has 3 aromatic rings. The fourth-order valence-corrected chi connectivity index (χ4v) is 3.76. The molecule has 3 heteroatoms. The molecule has 0 saturated heterocycles. The van der Waals surface area contributed by atoms with E-state index in [9.17, 15) is 0 Å². The Labute approximate surface area is 129 Å². The molecule has 1 atom stereocenters. The Hall–Kier alpha value is -1.71. The standard InChI is InChI=1S/C18H20N2S/c1-3-13-8-4-5-9-14(13)16(19-2)12-18-20-15-10-6-7-11-17(15)21-18/h4-11,16,19H,3,12H2,1-2H3. The van der Waals surface area contributed by atoms with Crippen molar-refractivity contribution >= 4 is 21.6 Å². The fourth-order valence-electron chi connectivity index (χ4n) is 2.75. The molecule has 0 fully saturated rings. The second-order valence-electron chi connectivity index (χ2n) is 5.17. The predicted molar refractivity (Wildman–Crippen MR) is 90.9 cm³/mol. The molecule has 0 aliphatic heterocycles. The van der Waals surface area contributed by atoms with Crippen LogP contribution in [0.15, 0.2) is 48.5 Å². The lowest BCUT2D eigenvalue weighted by molar-refractivity contribution is 0.586. The first kappa shape index (κ1) is 14.2. The summed E-state index contributed by atoms with van der Waals surface area (Å²) in [4.78, 5) is 4.76. The van der Waals surface area contributed by atoms with Gasteiger partial charge in [0.05, 0.1) is 15.2 Å². The molecule has 1 N–H and O–H groups in total. The maximum Gasteiger partial charge on any atom is 0.0957 e. The molecule has 0 spiro atoms. The van der Waals surface area contributed by atoms with Crippen molar-refractivity contribution in [3.05, 3.63) is 64.7 Å². The molecule has 1 heterocycles. The topological polar surface area (TPSA) is 24.9 Å². The molecular formula is C18H20N2S. The molecule has 0 bridgehead atoms. The highest BCUT2D eigenvalue weighted by Gasteiger charge is 2.15. The molecule has 0 amide bonds. The van der Waals surface area contributed by atoms with Crippen LogP contribution in [0, 0.1) is 0 Å². The Morgan fingerprint density at radius 3 is 2.62 bits per heavy atom. The molecule has 1 unspecified atom stereocenters. The third-order valence-corrected chi connectivity index (χ3v) is 4.94. The van der Waals surface area contributed by atoms with E-state index in [4.69, 9.17) is 4.98 Å². The summed E-state index contributed by atoms with van der Waals surface area (Å²) in [6.45, 7) is 2.21. The number of rotatable bonds is 5. The number of aromatic nitrogens is 1. The number of fused-ring (bicyclic) bond motifs is 1. The number of nitrogens with one attached hydrogen (secondary N) is 1. The van der Waals surface area contributed by atoms with Gasteiger partial charge in [0.15, 0.2) is 0 Å². The van der Waals surface area contributed by atoms with Crippen LogP contribution in [0.25, 0.3) is 10.2 Å². The quantitative estimate of drug-likeness (QED) is 0.756. The van der Waals surface area contributed by atoms with E-state index in [1.165, 1.54) is 20.8 Å². The summed E-state index contributed by atoms with van der Waals surface area (Å²) in [7, 11) is 2.03. The van der Waals surface area contributed by atoms with Gasteiger partial charge in [-0.15, -0.1) is 11.3 Å². The van der Waals surface area contributed by atoms with E-state index in [1.807, 2.05) is 13.1 Å². The molecule has 0 aliphatic rings. The average Bonchev–Trinajstić information content (AvgIpc) is 2.95. The van der Waals surface area contributed by atoms with Gasteiger partial charge in [0.25, 0.3) is 0 Å². The number of hydrogen-bond acceptors (Lipinski definition) is 3. The molecule has 21 heavy (non-hydrogen) atoms. The minimum atomic E-state index is 0.321. The Morgan fingerprint density at radius 1 is 1.10 bits per heavy atom. The van der Waals surface area contributed by atoms with E-state index >= 15 is 0 Å². The van der Waals surface area contributed by atoms with Gasteiger partial charge in [-0.3, -0.25) is 0 Å². The van der Waals surface area contributed by atoms with Gasteiger partial charge in [-0.2, -0.15) is 0 Å². The van der Waals surface area contributed by atoms with Crippen molar-refractivity contribution < 1.29 is 0 Å². The number of thiazole rings is 1. The van der Waals surface area contributed by atoms with Crippen LogP contribution in [-0.4, -0.2) is 12.0 Å². The molecule has 3 rings (SSSR count). The van der Waals surface area contributed by atoms with Crippen molar-refractivity contribution in [1.82, 2.24) is 10.3 Å². The van der Waals surface area contributed by atoms with Crippen LogP contribution < -0.4 is 5.32 Å². The van der Waals surface area contributed by atoms with Crippen molar-refractivity contribution in [1.29, 1.82) is 0 Å². The third kappa shape index (κ3) is 2.99. The maximum absolute atomic E-state index is 4.76. The Bertz CT molecular complexity index is 700. The first-order valence-electron chi connectivity index (χ1n) is 7.41. The minimum Gasteiger partial charge on any atom is -0.313 e. The molecule has 0 saturated carbocycles. The molecule has 2 nitrogen and oxygen atoms in total. The van der Waals surface area contributed by atoms with Crippen LogP contribution in [0.2, 0.25) is 0 Å². The predicted octanol–water partition coefficient (Wildman–Crippen LogP) is 4.36. The van der Waals surface area contributed by atoms with Crippen molar-refractivity contribution in [3.63, 3.8) is 0 Å². The summed E-state index contributed by atoms with van der Waals surface area (Å²) < 4.78 is 1.27. The van der Waals surface area contributed by atoms with E-state index in [0.29, 0.717) is 6.04 Å². The second kappa shape index (κ2) is 6.37. The number of nitrogens with zero attached hydrogens (tertiary/aromatic N) is 1. The zero-order chi connectivity index (χ0) is 14.7. The highest BCUT2D eigenvalue weighted by Crippen LogP contribution is 2.27. The fraction of sp³-hybridized carbons (Fsp3) is 0.278. The number of likely N-dealkylation sites (N-methyl/N-ethyl adjacent to an activating group) is 1. The summed E-state index contributed by atoms with van der Waals surface area (Å²) in [5.41, 5.74) is 3.91. The molecule has 108 valence electrons. The largest absolute Gasteiger partial charge is 0.313 e. The van der Waals surface area contributed by atoms with Gasteiger partial charge in [-0.05, 0) is 36.7 Å². The van der Waals surface area contributed by atoms with Gasteiger partial charge >= 0.3 is 0 Å². The van der Waals surface area contributed by atoms with E-state index in [2.05, 4.69) is 54.7 Å². The first-order valence-corrected chi connectivity index (χ1v) is 8.23. The second-order valence-corrected chi connectivity index (χ2v) is 6.29. The van der Waals surface area contributed by atoms with Gasteiger partial charge < -0.3 is 5.32 Å². The minimum absolute atomic E-state index is 0.321. The maximum atomic E-state index is 4.76. The lowest BCUT2D eigenvalue weighted by Gasteiger charge is -2.18. The molecular weight excluding hydrogens is 276 g/mol. The zero-order valence-corrected chi connectivity index (χ0v) is 13.3. The summed E-state index contributed by atoms with van der Waals surface area (Å²) in [5, 5.41) is 4.65. The van der Waals surface area contributed by atoms with Crippen LogP contribution in [0.1, 0.15) is 29.1 Å². The summed E-state index contributed by atoms with van der Waals surface area (Å²) >= 11 is 1.80. The molecule has 1 aromatic heterocycles. The van der Waals surface area contributed by atoms with Gasteiger partial charge in [0.1, 0.15) is 0 Å². The van der Waals surface area contributed by atoms with E-state index in [-0.39, 0.29) is 0 Å². The highest BCUT2D eigenvalue weighted by molar-refractivity contribution is 7.18. The van der Waals surface area contributed by atoms with E-state index in [1.54, 1.807) is 11.3 Å². The molecule has 0 aliphatic carbocycles. The highest BCUT2D eigenvalue weighted by atomic mass is 32.1. The Balaban J connectivity index is 1.90. The number of hydrogen-bond donors (Lipinski definition) is 1. The summed E-state index contributed by atoms with van der Waals surface area (Å²) in [5.74, 6) is 0.